The van der Waals surface area contributed by atoms with Gasteiger partial charge in [-0.3, -0.25) is 0 Å². The van der Waals surface area contributed by atoms with Crippen LogP contribution in [-0.2, 0) is 16.0 Å². The molecule has 1 N–H and O–H groups in total. The molecule has 0 aliphatic rings. The van der Waals surface area contributed by atoms with Crippen molar-refractivity contribution < 1.29 is 24.1 Å². The summed E-state index contributed by atoms with van der Waals surface area (Å²) in [7, 11) is 3.11. The van der Waals surface area contributed by atoms with E-state index in [9.17, 15) is 4.79 Å². The molecule has 0 bridgehead atoms. The number of carboxylic acids is 1. The van der Waals surface area contributed by atoms with Crippen molar-refractivity contribution in [3.8, 4) is 11.5 Å². The van der Waals surface area contributed by atoms with Crippen LogP contribution in [0.1, 0.15) is 18.9 Å². The molecule has 0 spiro atoms. The fourth-order valence-corrected chi connectivity index (χ4v) is 1.72. The molecular formula is C14H20O5. The Morgan fingerprint density at radius 2 is 2.05 bits per heavy atom. The van der Waals surface area contributed by atoms with E-state index >= 15 is 0 Å². The number of hydrogen-bond donors (Lipinski definition) is 1. The topological polar surface area (TPSA) is 65.0 Å². The molecule has 0 radical (unpaired) electrons. The molecule has 0 heterocycles. The van der Waals surface area contributed by atoms with Crippen LogP contribution >= 0.6 is 0 Å². The minimum Gasteiger partial charge on any atom is -0.497 e. The first kappa shape index (κ1) is 15.3. The molecule has 0 saturated heterocycles. The predicted octanol–water partition coefficient (Wildman–Crippen LogP) is 2.13. The van der Waals surface area contributed by atoms with Crippen LogP contribution in [0.15, 0.2) is 18.2 Å². The Kier molecular flexibility index (Phi) is 6.15. The zero-order chi connectivity index (χ0) is 14.3. The summed E-state index contributed by atoms with van der Waals surface area (Å²) in [5.74, 6) is 0.320. The monoisotopic (exact) mass is 268 g/mol. The molecule has 0 amide bonds. The summed E-state index contributed by atoms with van der Waals surface area (Å²) < 4.78 is 15.7. The average molecular weight is 268 g/mol. The number of benzene rings is 1. The molecule has 0 fully saturated rings. The molecule has 19 heavy (non-hydrogen) atoms. The second-order valence-electron chi connectivity index (χ2n) is 4.08. The quantitative estimate of drug-likeness (QED) is 0.782. The van der Waals surface area contributed by atoms with E-state index in [1.807, 2.05) is 6.92 Å². The molecular weight excluding hydrogens is 248 g/mol. The molecule has 5 heteroatoms. The molecule has 1 atom stereocenters. The second kappa shape index (κ2) is 7.63. The van der Waals surface area contributed by atoms with E-state index in [4.69, 9.17) is 19.3 Å². The highest BCUT2D eigenvalue weighted by Crippen LogP contribution is 2.25. The minimum atomic E-state index is -0.974. The summed E-state index contributed by atoms with van der Waals surface area (Å²) in [6.07, 6.45) is 0.148. The van der Waals surface area contributed by atoms with E-state index in [2.05, 4.69) is 0 Å². The first-order chi connectivity index (χ1) is 9.12. The van der Waals surface area contributed by atoms with E-state index in [0.29, 0.717) is 18.1 Å². The molecule has 1 aromatic rings. The molecule has 1 rings (SSSR count). The Hall–Kier alpha value is -1.75. The van der Waals surface area contributed by atoms with Crippen molar-refractivity contribution in [3.63, 3.8) is 0 Å². The van der Waals surface area contributed by atoms with Crippen molar-refractivity contribution in [2.24, 2.45) is 0 Å². The molecule has 0 aliphatic heterocycles. The molecule has 0 saturated carbocycles. The second-order valence-corrected chi connectivity index (χ2v) is 4.08. The molecule has 5 nitrogen and oxygen atoms in total. The fourth-order valence-electron chi connectivity index (χ4n) is 1.72. The third-order valence-corrected chi connectivity index (χ3v) is 2.69. The summed E-state index contributed by atoms with van der Waals surface area (Å²) in [6.45, 7) is 2.36. The first-order valence-corrected chi connectivity index (χ1v) is 6.17. The van der Waals surface area contributed by atoms with Crippen LogP contribution in [-0.4, -0.2) is 38.0 Å². The third kappa shape index (κ3) is 4.44. The molecule has 0 aliphatic carbocycles. The van der Waals surface area contributed by atoms with Crippen LogP contribution in [0.5, 0.6) is 11.5 Å². The van der Waals surface area contributed by atoms with Gasteiger partial charge < -0.3 is 19.3 Å². The summed E-state index contributed by atoms with van der Waals surface area (Å²) in [6, 6.07) is 5.29. The lowest BCUT2D eigenvalue weighted by atomic mass is 10.1. The number of carboxylic acid groups (broad SMARTS) is 1. The highest BCUT2D eigenvalue weighted by Gasteiger charge is 2.20. The maximum atomic E-state index is 11.2. The van der Waals surface area contributed by atoms with Gasteiger partial charge in [-0.15, -0.1) is 0 Å². The van der Waals surface area contributed by atoms with Gasteiger partial charge in [-0.25, -0.2) is 4.79 Å². The number of rotatable bonds is 8. The maximum absolute atomic E-state index is 11.2. The van der Waals surface area contributed by atoms with Gasteiger partial charge in [0.15, 0.2) is 6.10 Å². The third-order valence-electron chi connectivity index (χ3n) is 2.69. The molecule has 1 aromatic carbocycles. The van der Waals surface area contributed by atoms with Crippen LogP contribution in [0.2, 0.25) is 0 Å². The predicted molar refractivity (Wildman–Crippen MR) is 70.9 cm³/mol. The lowest BCUT2D eigenvalue weighted by Gasteiger charge is -2.16. The highest BCUT2D eigenvalue weighted by molar-refractivity contribution is 5.73. The van der Waals surface area contributed by atoms with Crippen LogP contribution in [0.3, 0.4) is 0 Å². The normalized spacial score (nSPS) is 11.9. The van der Waals surface area contributed by atoms with Crippen LogP contribution in [0.4, 0.5) is 0 Å². The summed E-state index contributed by atoms with van der Waals surface area (Å²) in [4.78, 5) is 11.2. The number of ether oxygens (including phenoxy) is 3. The van der Waals surface area contributed by atoms with Crippen molar-refractivity contribution in [3.05, 3.63) is 23.8 Å². The van der Waals surface area contributed by atoms with Crippen molar-refractivity contribution in [2.75, 3.05) is 20.8 Å². The Balaban J connectivity index is 2.90. The van der Waals surface area contributed by atoms with Crippen molar-refractivity contribution in [2.45, 2.75) is 25.9 Å². The van der Waals surface area contributed by atoms with Gasteiger partial charge in [-0.2, -0.15) is 0 Å². The number of hydrogen-bond acceptors (Lipinski definition) is 4. The Morgan fingerprint density at radius 3 is 2.58 bits per heavy atom. The summed E-state index contributed by atoms with van der Waals surface area (Å²) in [5.41, 5.74) is 0.755. The maximum Gasteiger partial charge on any atom is 0.333 e. The van der Waals surface area contributed by atoms with Gasteiger partial charge in [0.05, 0.1) is 14.2 Å². The van der Waals surface area contributed by atoms with Crippen LogP contribution in [0.25, 0.3) is 0 Å². The van der Waals surface area contributed by atoms with E-state index in [1.54, 1.807) is 32.4 Å². The van der Waals surface area contributed by atoms with Crippen LogP contribution in [0, 0.1) is 0 Å². The SMILES string of the molecule is CCCOC(Cc1cc(OC)ccc1OC)C(=O)O. The standard InChI is InChI=1S/C14H20O5/c1-4-7-19-13(14(15)16)9-10-8-11(17-2)5-6-12(10)18-3/h5-6,8,13H,4,7,9H2,1-3H3,(H,15,16). The zero-order valence-corrected chi connectivity index (χ0v) is 11.5. The summed E-state index contributed by atoms with van der Waals surface area (Å²) >= 11 is 0. The van der Waals surface area contributed by atoms with Crippen molar-refractivity contribution >= 4 is 5.97 Å². The van der Waals surface area contributed by atoms with Gasteiger partial charge in [0.25, 0.3) is 0 Å². The van der Waals surface area contributed by atoms with Gasteiger partial charge in [0.1, 0.15) is 11.5 Å². The average Bonchev–Trinajstić information content (AvgIpc) is 2.42. The molecule has 106 valence electrons. The van der Waals surface area contributed by atoms with E-state index in [1.165, 1.54) is 0 Å². The van der Waals surface area contributed by atoms with Crippen molar-refractivity contribution in [1.82, 2.24) is 0 Å². The van der Waals surface area contributed by atoms with E-state index in [0.717, 1.165) is 12.0 Å². The molecule has 0 aromatic heterocycles. The van der Waals surface area contributed by atoms with Crippen LogP contribution < -0.4 is 9.47 Å². The Labute approximate surface area is 113 Å². The lowest BCUT2D eigenvalue weighted by molar-refractivity contribution is -0.150. The highest BCUT2D eigenvalue weighted by atomic mass is 16.5. The summed E-state index contributed by atoms with van der Waals surface area (Å²) in [5, 5.41) is 9.15. The smallest absolute Gasteiger partial charge is 0.333 e. The van der Waals surface area contributed by atoms with E-state index in [-0.39, 0.29) is 6.42 Å². The lowest BCUT2D eigenvalue weighted by Crippen LogP contribution is -2.27. The van der Waals surface area contributed by atoms with Crippen molar-refractivity contribution in [1.29, 1.82) is 0 Å². The van der Waals surface area contributed by atoms with Gasteiger partial charge >= 0.3 is 5.97 Å². The number of methoxy groups -OCH3 is 2. The minimum absolute atomic E-state index is 0.246. The Bertz CT molecular complexity index is 416. The van der Waals surface area contributed by atoms with Gasteiger partial charge in [-0.05, 0) is 24.6 Å². The first-order valence-electron chi connectivity index (χ1n) is 6.17. The van der Waals surface area contributed by atoms with Gasteiger partial charge in [0.2, 0.25) is 0 Å². The van der Waals surface area contributed by atoms with Gasteiger partial charge in [0, 0.05) is 18.6 Å². The number of carbonyl (C=O) groups is 1. The van der Waals surface area contributed by atoms with Gasteiger partial charge in [-0.1, -0.05) is 6.92 Å². The molecule has 1 unspecified atom stereocenters. The van der Waals surface area contributed by atoms with E-state index < -0.39 is 12.1 Å². The number of aliphatic carboxylic acids is 1. The Morgan fingerprint density at radius 1 is 1.32 bits per heavy atom. The largest absolute Gasteiger partial charge is 0.497 e. The zero-order valence-electron chi connectivity index (χ0n) is 11.5. The fraction of sp³-hybridized carbons (Fsp3) is 0.500.